The average molecular weight is 453 g/mol. The molecule has 33 heavy (non-hydrogen) atoms. The summed E-state index contributed by atoms with van der Waals surface area (Å²) in [7, 11) is 1.43. The molecule has 172 valence electrons. The van der Waals surface area contributed by atoms with Gasteiger partial charge in [-0.05, 0) is 29.3 Å². The lowest BCUT2D eigenvalue weighted by atomic mass is 9.79. The van der Waals surface area contributed by atoms with Gasteiger partial charge in [-0.1, -0.05) is 36.4 Å². The van der Waals surface area contributed by atoms with E-state index in [4.69, 9.17) is 4.74 Å². The monoisotopic (exact) mass is 453 g/mol. The lowest BCUT2D eigenvalue weighted by Crippen LogP contribution is -2.32. The molecule has 0 aliphatic heterocycles. The normalized spacial score (nSPS) is 11.8. The fraction of sp³-hybridized carbons (Fsp3) is 0.261. The largest absolute Gasteiger partial charge is 0.490 e. The highest BCUT2D eigenvalue weighted by Gasteiger charge is 2.21. The van der Waals surface area contributed by atoms with Crippen molar-refractivity contribution >= 4 is 25.0 Å². The first-order chi connectivity index (χ1) is 15.7. The molecule has 3 N–H and O–H groups in total. The number of hydrogen-bond acceptors (Lipinski definition) is 6. The maximum absolute atomic E-state index is 14.1. The number of amides is 2. The van der Waals surface area contributed by atoms with E-state index in [0.717, 1.165) is 6.07 Å². The van der Waals surface area contributed by atoms with Crippen LogP contribution in [0.5, 0.6) is 5.75 Å². The first-order valence-corrected chi connectivity index (χ1v) is 10.2. The molecule has 2 amide bonds. The van der Waals surface area contributed by atoms with E-state index in [2.05, 4.69) is 5.32 Å². The molecule has 0 saturated heterocycles. The first-order valence-electron chi connectivity index (χ1n) is 10.2. The van der Waals surface area contributed by atoms with Crippen LogP contribution in [-0.2, 0) is 9.59 Å². The van der Waals surface area contributed by atoms with Crippen LogP contribution in [0.1, 0.15) is 23.6 Å². The number of halogens is 1. The molecular formula is C23H25BFN3O5. The molecule has 2 rings (SSSR count). The number of nitrogens with one attached hydrogen (secondary N) is 1. The van der Waals surface area contributed by atoms with Gasteiger partial charge in [0.05, 0.1) is 19.1 Å². The Labute approximate surface area is 192 Å². The van der Waals surface area contributed by atoms with E-state index in [1.165, 1.54) is 37.2 Å². The molecule has 8 nitrogen and oxygen atoms in total. The smallest absolute Gasteiger partial charge is 0.453 e. The van der Waals surface area contributed by atoms with E-state index in [1.807, 2.05) is 6.07 Å². The Bertz CT molecular complexity index is 1040. The minimum Gasteiger partial charge on any atom is -0.490 e. The van der Waals surface area contributed by atoms with Gasteiger partial charge < -0.3 is 25.0 Å². The molecule has 0 aliphatic rings. The maximum atomic E-state index is 14.1. The van der Waals surface area contributed by atoms with Gasteiger partial charge in [0.25, 0.3) is 5.91 Å². The number of nitriles is 1. The van der Waals surface area contributed by atoms with Crippen LogP contribution < -0.4 is 10.1 Å². The van der Waals surface area contributed by atoms with Crippen molar-refractivity contribution in [2.24, 2.45) is 0 Å². The number of nitrogens with zero attached hydrogens (tertiary/aromatic N) is 2. The summed E-state index contributed by atoms with van der Waals surface area (Å²) in [6.07, 6.45) is 1.13. The minimum atomic E-state index is -1.60. The number of likely N-dealkylation sites (N-methyl/N-ethyl adjacent to an activating group) is 1. The van der Waals surface area contributed by atoms with E-state index in [1.54, 1.807) is 30.3 Å². The van der Waals surface area contributed by atoms with Crippen molar-refractivity contribution in [1.82, 2.24) is 10.2 Å². The highest BCUT2D eigenvalue weighted by Crippen LogP contribution is 2.22. The van der Waals surface area contributed by atoms with Crippen LogP contribution in [0.25, 0.3) is 6.08 Å². The summed E-state index contributed by atoms with van der Waals surface area (Å²) in [5.74, 6) is -1.68. The van der Waals surface area contributed by atoms with Crippen LogP contribution in [0.2, 0.25) is 6.32 Å². The van der Waals surface area contributed by atoms with Crippen molar-refractivity contribution < 1.29 is 28.8 Å². The molecule has 0 saturated carbocycles. The van der Waals surface area contributed by atoms with Gasteiger partial charge in [-0.3, -0.25) is 9.59 Å². The van der Waals surface area contributed by atoms with Crippen molar-refractivity contribution in [3.05, 3.63) is 71.0 Å². The Kier molecular flexibility index (Phi) is 9.60. The predicted octanol–water partition coefficient (Wildman–Crippen LogP) is 1.92. The second kappa shape index (κ2) is 12.4. The molecule has 0 aliphatic carbocycles. The molecule has 10 heteroatoms. The van der Waals surface area contributed by atoms with Crippen LogP contribution in [0, 0.1) is 17.1 Å². The number of benzene rings is 2. The van der Waals surface area contributed by atoms with E-state index >= 15 is 0 Å². The van der Waals surface area contributed by atoms with E-state index in [-0.39, 0.29) is 30.7 Å². The summed E-state index contributed by atoms with van der Waals surface area (Å²) in [4.78, 5) is 25.6. The zero-order chi connectivity index (χ0) is 24.4. The minimum absolute atomic E-state index is 0.0908. The molecule has 2 aromatic rings. The van der Waals surface area contributed by atoms with Crippen LogP contribution in [0.4, 0.5) is 4.39 Å². The molecule has 0 unspecified atom stereocenters. The topological polar surface area (TPSA) is 123 Å². The van der Waals surface area contributed by atoms with Gasteiger partial charge in [-0.25, -0.2) is 4.39 Å². The molecular weight excluding hydrogens is 428 g/mol. The summed E-state index contributed by atoms with van der Waals surface area (Å²) < 4.78 is 19.5. The SMILES string of the molecule is CN(C)C(=O)C(C#N)=Cc1ccc(F)c(OCCC(=O)N[C@@H](CB(O)O)c2ccccc2)c1. The molecule has 0 fully saturated rings. The van der Waals surface area contributed by atoms with Crippen molar-refractivity contribution in [3.63, 3.8) is 0 Å². The Morgan fingerprint density at radius 2 is 1.94 bits per heavy atom. The highest BCUT2D eigenvalue weighted by molar-refractivity contribution is 6.41. The Balaban J connectivity index is 2.02. The number of carbonyl (C=O) groups excluding carboxylic acids is 2. The summed E-state index contributed by atoms with van der Waals surface area (Å²) in [5, 5.41) is 30.5. The van der Waals surface area contributed by atoms with Gasteiger partial charge in [0, 0.05) is 20.4 Å². The Morgan fingerprint density at radius 1 is 1.24 bits per heavy atom. The first kappa shape index (κ1) is 25.6. The van der Waals surface area contributed by atoms with E-state index in [0.29, 0.717) is 11.1 Å². The van der Waals surface area contributed by atoms with Gasteiger partial charge in [0.1, 0.15) is 11.6 Å². The maximum Gasteiger partial charge on any atom is 0.453 e. The van der Waals surface area contributed by atoms with Crippen molar-refractivity contribution in [2.45, 2.75) is 18.8 Å². The third kappa shape index (κ3) is 8.07. The van der Waals surface area contributed by atoms with Gasteiger partial charge in [-0.15, -0.1) is 0 Å². The van der Waals surface area contributed by atoms with Crippen LogP contribution >= 0.6 is 0 Å². The van der Waals surface area contributed by atoms with E-state index < -0.39 is 30.8 Å². The van der Waals surface area contributed by atoms with Crippen molar-refractivity contribution in [3.8, 4) is 11.8 Å². The van der Waals surface area contributed by atoms with Crippen molar-refractivity contribution in [2.75, 3.05) is 20.7 Å². The summed E-state index contributed by atoms with van der Waals surface area (Å²) in [6.45, 7) is -0.138. The van der Waals surface area contributed by atoms with Crippen molar-refractivity contribution in [1.29, 1.82) is 5.26 Å². The molecule has 0 heterocycles. The van der Waals surface area contributed by atoms with Crippen LogP contribution in [0.3, 0.4) is 0 Å². The molecule has 0 aromatic heterocycles. The summed E-state index contributed by atoms with van der Waals surface area (Å²) in [6, 6.07) is 14.0. The van der Waals surface area contributed by atoms with Gasteiger partial charge in [-0.2, -0.15) is 5.26 Å². The van der Waals surface area contributed by atoms with Gasteiger partial charge in [0.2, 0.25) is 5.91 Å². The quantitative estimate of drug-likeness (QED) is 0.287. The number of carbonyl (C=O) groups is 2. The Hall–Kier alpha value is -3.68. The molecule has 0 spiro atoms. The van der Waals surface area contributed by atoms with Gasteiger partial charge in [0.15, 0.2) is 11.6 Å². The molecule has 0 bridgehead atoms. The third-order valence-corrected chi connectivity index (χ3v) is 4.59. The lowest BCUT2D eigenvalue weighted by molar-refractivity contribution is -0.124. The number of rotatable bonds is 10. The number of hydrogen-bond donors (Lipinski definition) is 3. The third-order valence-electron chi connectivity index (χ3n) is 4.59. The van der Waals surface area contributed by atoms with Gasteiger partial charge >= 0.3 is 7.12 Å². The van der Waals surface area contributed by atoms with Crippen LogP contribution in [-0.4, -0.2) is 54.6 Å². The molecule has 0 radical (unpaired) electrons. The predicted molar refractivity (Wildman–Crippen MR) is 121 cm³/mol. The number of ether oxygens (including phenoxy) is 1. The second-order valence-electron chi connectivity index (χ2n) is 7.40. The highest BCUT2D eigenvalue weighted by atomic mass is 19.1. The van der Waals surface area contributed by atoms with E-state index in [9.17, 15) is 29.3 Å². The second-order valence-corrected chi connectivity index (χ2v) is 7.40. The fourth-order valence-electron chi connectivity index (χ4n) is 2.96. The summed E-state index contributed by atoms with van der Waals surface area (Å²) in [5.41, 5.74) is 0.990. The molecule has 2 aromatic carbocycles. The average Bonchev–Trinajstić information content (AvgIpc) is 2.78. The fourth-order valence-corrected chi connectivity index (χ4v) is 2.96. The zero-order valence-corrected chi connectivity index (χ0v) is 18.4. The molecule has 1 atom stereocenters. The summed E-state index contributed by atoms with van der Waals surface area (Å²) >= 11 is 0. The lowest BCUT2D eigenvalue weighted by Gasteiger charge is -2.19. The standard InChI is InChI=1S/C23H25BFN3O5/c1-28(2)23(30)18(15-26)12-16-8-9-19(25)21(13-16)33-11-10-22(29)27-20(14-24(31)32)17-6-4-3-5-7-17/h3-9,12-13,20,31-32H,10-11,14H2,1-2H3,(H,27,29)/t20-/m0/s1. The van der Waals surface area contributed by atoms with Crippen LogP contribution in [0.15, 0.2) is 54.1 Å². The zero-order valence-electron chi connectivity index (χ0n) is 18.4. The Morgan fingerprint density at radius 3 is 2.55 bits per heavy atom.